The first kappa shape index (κ1) is 16.4. The second-order valence-corrected chi connectivity index (χ2v) is 6.17. The molecule has 0 bridgehead atoms. The molecule has 0 aliphatic heterocycles. The van der Waals surface area contributed by atoms with Gasteiger partial charge in [0.1, 0.15) is 5.75 Å². The molecule has 1 aliphatic rings. The molecule has 0 spiro atoms. The number of halogens is 2. The highest BCUT2D eigenvalue weighted by Gasteiger charge is 2.20. The third-order valence-corrected chi connectivity index (χ3v) is 4.34. The van der Waals surface area contributed by atoms with Crippen molar-refractivity contribution in [3.63, 3.8) is 0 Å². The highest BCUT2D eigenvalue weighted by Crippen LogP contribution is 2.26. The van der Waals surface area contributed by atoms with Gasteiger partial charge in [-0.2, -0.15) is 0 Å². The predicted octanol–water partition coefficient (Wildman–Crippen LogP) is 3.04. The number of carbonyl (C=O) groups is 1. The number of hydrogen-bond donors (Lipinski definition) is 2. The number of benzene rings is 1. The van der Waals surface area contributed by atoms with Crippen molar-refractivity contribution in [3.05, 3.63) is 28.2 Å². The van der Waals surface area contributed by atoms with E-state index in [2.05, 4.69) is 5.32 Å². The third kappa shape index (κ3) is 5.38. The van der Waals surface area contributed by atoms with Crippen LogP contribution in [0, 0.1) is 5.92 Å². The summed E-state index contributed by atoms with van der Waals surface area (Å²) in [5.41, 5.74) is 0. The van der Waals surface area contributed by atoms with Crippen LogP contribution in [0.5, 0.6) is 5.75 Å². The van der Waals surface area contributed by atoms with Crippen LogP contribution in [0.1, 0.15) is 25.7 Å². The SMILES string of the molecule is O=C(COc1ccc(Cl)c(Cl)c1)NCC1CCCC(O)C1. The van der Waals surface area contributed by atoms with Crippen LogP contribution < -0.4 is 10.1 Å². The second kappa shape index (κ2) is 7.87. The van der Waals surface area contributed by atoms with Gasteiger partial charge in [-0.15, -0.1) is 0 Å². The van der Waals surface area contributed by atoms with Gasteiger partial charge in [-0.25, -0.2) is 0 Å². The van der Waals surface area contributed by atoms with E-state index in [-0.39, 0.29) is 18.6 Å². The summed E-state index contributed by atoms with van der Waals surface area (Å²) < 4.78 is 5.36. The topological polar surface area (TPSA) is 58.6 Å². The summed E-state index contributed by atoms with van der Waals surface area (Å²) in [6.07, 6.45) is 3.46. The molecule has 1 fully saturated rings. The highest BCUT2D eigenvalue weighted by molar-refractivity contribution is 6.42. The van der Waals surface area contributed by atoms with Crippen molar-refractivity contribution in [2.45, 2.75) is 31.8 Å². The normalized spacial score (nSPS) is 21.9. The van der Waals surface area contributed by atoms with E-state index < -0.39 is 0 Å². The lowest BCUT2D eigenvalue weighted by molar-refractivity contribution is -0.123. The van der Waals surface area contributed by atoms with Gasteiger partial charge in [0.05, 0.1) is 16.1 Å². The molecule has 116 valence electrons. The molecule has 0 heterocycles. The fraction of sp³-hybridized carbons (Fsp3) is 0.533. The molecule has 21 heavy (non-hydrogen) atoms. The lowest BCUT2D eigenvalue weighted by Gasteiger charge is -2.25. The van der Waals surface area contributed by atoms with Gasteiger partial charge >= 0.3 is 0 Å². The lowest BCUT2D eigenvalue weighted by Crippen LogP contribution is -2.35. The average molecular weight is 332 g/mol. The van der Waals surface area contributed by atoms with E-state index in [1.54, 1.807) is 18.2 Å². The van der Waals surface area contributed by atoms with E-state index in [0.717, 1.165) is 25.7 Å². The molecule has 2 N–H and O–H groups in total. The summed E-state index contributed by atoms with van der Waals surface area (Å²) in [7, 11) is 0. The van der Waals surface area contributed by atoms with Gasteiger partial charge in [-0.3, -0.25) is 4.79 Å². The summed E-state index contributed by atoms with van der Waals surface area (Å²) in [5, 5.41) is 13.3. The standard InChI is InChI=1S/C15H19Cl2NO3/c16-13-5-4-12(7-14(13)17)21-9-15(20)18-8-10-2-1-3-11(19)6-10/h4-5,7,10-11,19H,1-3,6,8-9H2,(H,18,20). The number of hydrogen-bond acceptors (Lipinski definition) is 3. The molecule has 4 nitrogen and oxygen atoms in total. The molecular formula is C15H19Cl2NO3. The van der Waals surface area contributed by atoms with E-state index in [9.17, 15) is 9.90 Å². The van der Waals surface area contributed by atoms with Crippen molar-refractivity contribution in [1.82, 2.24) is 5.32 Å². The minimum atomic E-state index is -0.229. The zero-order valence-electron chi connectivity index (χ0n) is 11.6. The number of rotatable bonds is 5. The van der Waals surface area contributed by atoms with Gasteiger partial charge in [0.15, 0.2) is 6.61 Å². The van der Waals surface area contributed by atoms with Crippen LogP contribution in [0.3, 0.4) is 0 Å². The zero-order valence-corrected chi connectivity index (χ0v) is 13.2. The molecule has 2 rings (SSSR count). The largest absolute Gasteiger partial charge is 0.484 e. The predicted molar refractivity (Wildman–Crippen MR) is 82.9 cm³/mol. The van der Waals surface area contributed by atoms with Crippen LogP contribution in [0.2, 0.25) is 10.0 Å². The zero-order chi connectivity index (χ0) is 15.2. The fourth-order valence-corrected chi connectivity index (χ4v) is 2.76. The molecule has 1 aliphatic carbocycles. The van der Waals surface area contributed by atoms with E-state index >= 15 is 0 Å². The van der Waals surface area contributed by atoms with Crippen LogP contribution in [-0.2, 0) is 4.79 Å². The summed E-state index contributed by atoms with van der Waals surface area (Å²) in [4.78, 5) is 11.7. The first-order valence-corrected chi connectivity index (χ1v) is 7.83. The Bertz CT molecular complexity index is 496. The molecule has 2 unspecified atom stereocenters. The number of nitrogens with one attached hydrogen (secondary N) is 1. The van der Waals surface area contributed by atoms with E-state index in [1.165, 1.54) is 0 Å². The van der Waals surface area contributed by atoms with Gasteiger partial charge in [-0.1, -0.05) is 29.6 Å². The van der Waals surface area contributed by atoms with Crippen molar-refractivity contribution in [3.8, 4) is 5.75 Å². The van der Waals surface area contributed by atoms with Gasteiger partial charge in [0.2, 0.25) is 0 Å². The second-order valence-electron chi connectivity index (χ2n) is 5.36. The smallest absolute Gasteiger partial charge is 0.257 e. The van der Waals surface area contributed by atoms with Crippen molar-refractivity contribution < 1.29 is 14.6 Å². The van der Waals surface area contributed by atoms with Crippen molar-refractivity contribution in [2.75, 3.05) is 13.2 Å². The minimum Gasteiger partial charge on any atom is -0.484 e. The van der Waals surface area contributed by atoms with Gasteiger partial charge in [0.25, 0.3) is 5.91 Å². The maximum Gasteiger partial charge on any atom is 0.257 e. The average Bonchev–Trinajstić information content (AvgIpc) is 2.46. The maximum absolute atomic E-state index is 11.7. The molecule has 1 aromatic carbocycles. The van der Waals surface area contributed by atoms with Crippen LogP contribution in [0.25, 0.3) is 0 Å². The Hall–Kier alpha value is -0.970. The summed E-state index contributed by atoms with van der Waals surface area (Å²) in [6, 6.07) is 4.87. The highest BCUT2D eigenvalue weighted by atomic mass is 35.5. The van der Waals surface area contributed by atoms with Crippen LogP contribution in [0.15, 0.2) is 18.2 Å². The van der Waals surface area contributed by atoms with Crippen molar-refractivity contribution >= 4 is 29.1 Å². The van der Waals surface area contributed by atoms with Crippen LogP contribution in [0.4, 0.5) is 0 Å². The van der Waals surface area contributed by atoms with Crippen LogP contribution in [-0.4, -0.2) is 30.3 Å². The van der Waals surface area contributed by atoms with Crippen LogP contribution >= 0.6 is 23.2 Å². The summed E-state index contributed by atoms with van der Waals surface area (Å²) in [6.45, 7) is 0.522. The molecule has 0 saturated heterocycles. The lowest BCUT2D eigenvalue weighted by atomic mass is 9.87. The number of aliphatic hydroxyl groups excluding tert-OH is 1. The Balaban J connectivity index is 1.70. The van der Waals surface area contributed by atoms with Crippen molar-refractivity contribution in [1.29, 1.82) is 0 Å². The van der Waals surface area contributed by atoms with E-state index in [4.69, 9.17) is 27.9 Å². The molecule has 1 amide bonds. The maximum atomic E-state index is 11.7. The van der Waals surface area contributed by atoms with Gasteiger partial charge in [0, 0.05) is 12.6 Å². The van der Waals surface area contributed by atoms with Crippen molar-refractivity contribution in [2.24, 2.45) is 5.92 Å². The number of ether oxygens (including phenoxy) is 1. The third-order valence-electron chi connectivity index (χ3n) is 3.60. The molecule has 1 aromatic rings. The first-order valence-electron chi connectivity index (χ1n) is 7.07. The number of amides is 1. The first-order chi connectivity index (χ1) is 10.0. The molecule has 6 heteroatoms. The Kier molecular flexibility index (Phi) is 6.15. The summed E-state index contributed by atoms with van der Waals surface area (Å²) >= 11 is 11.7. The van der Waals surface area contributed by atoms with Gasteiger partial charge in [-0.05, 0) is 37.3 Å². The van der Waals surface area contributed by atoms with Gasteiger partial charge < -0.3 is 15.2 Å². The molecule has 0 radical (unpaired) electrons. The molecular weight excluding hydrogens is 313 g/mol. The molecule has 0 aromatic heterocycles. The molecule has 1 saturated carbocycles. The Labute approximate surface area is 134 Å². The minimum absolute atomic E-state index is 0.0623. The summed E-state index contributed by atoms with van der Waals surface area (Å²) in [5.74, 6) is 0.677. The quantitative estimate of drug-likeness (QED) is 0.871. The van der Waals surface area contributed by atoms with E-state index in [1.807, 2.05) is 0 Å². The van der Waals surface area contributed by atoms with E-state index in [0.29, 0.717) is 28.3 Å². The Morgan fingerprint density at radius 2 is 2.14 bits per heavy atom. The Morgan fingerprint density at radius 1 is 1.33 bits per heavy atom. The number of aliphatic hydroxyl groups is 1. The molecule has 2 atom stereocenters. The monoisotopic (exact) mass is 331 g/mol. The number of carbonyl (C=O) groups excluding carboxylic acids is 1. The Morgan fingerprint density at radius 3 is 2.86 bits per heavy atom. The fourth-order valence-electron chi connectivity index (χ4n) is 2.47.